The van der Waals surface area contributed by atoms with Gasteiger partial charge in [0.05, 0.1) is 12.2 Å². The molecular formula is C13H22N2O. The molecule has 2 atom stereocenters. The van der Waals surface area contributed by atoms with Gasteiger partial charge in [0.2, 0.25) is 5.89 Å². The van der Waals surface area contributed by atoms with Crippen LogP contribution in [0, 0.1) is 5.41 Å². The van der Waals surface area contributed by atoms with Crippen molar-refractivity contribution in [3.8, 4) is 0 Å². The Labute approximate surface area is 97.6 Å². The van der Waals surface area contributed by atoms with E-state index in [0.717, 1.165) is 11.7 Å². The maximum Gasteiger partial charge on any atom is 0.211 e. The number of nitrogens with one attached hydrogen (secondary N) is 1. The van der Waals surface area contributed by atoms with E-state index in [1.54, 1.807) is 0 Å². The molecule has 2 rings (SSSR count). The molecule has 1 aromatic rings. The first kappa shape index (κ1) is 11.6. The van der Waals surface area contributed by atoms with Gasteiger partial charge in [-0.25, -0.2) is 4.98 Å². The van der Waals surface area contributed by atoms with E-state index >= 15 is 0 Å². The van der Waals surface area contributed by atoms with Crippen molar-refractivity contribution in [1.29, 1.82) is 0 Å². The van der Waals surface area contributed by atoms with E-state index in [0.29, 0.717) is 11.3 Å². The number of rotatable bonds is 3. The fraction of sp³-hybridized carbons (Fsp3) is 0.769. The summed E-state index contributed by atoms with van der Waals surface area (Å²) in [6, 6.07) is 0.193. The molecule has 0 saturated heterocycles. The lowest BCUT2D eigenvalue weighted by Crippen LogP contribution is -2.15. The predicted molar refractivity (Wildman–Crippen MR) is 64.4 cm³/mol. The van der Waals surface area contributed by atoms with E-state index < -0.39 is 0 Å². The highest BCUT2D eigenvalue weighted by Gasteiger charge is 2.37. The van der Waals surface area contributed by atoms with Gasteiger partial charge in [-0.1, -0.05) is 20.3 Å². The van der Waals surface area contributed by atoms with Gasteiger partial charge in [0.15, 0.2) is 0 Å². The summed E-state index contributed by atoms with van der Waals surface area (Å²) in [4.78, 5) is 4.37. The topological polar surface area (TPSA) is 38.1 Å². The highest BCUT2D eigenvalue weighted by Crippen LogP contribution is 2.48. The van der Waals surface area contributed by atoms with Gasteiger partial charge in [0.25, 0.3) is 0 Å². The maximum absolute atomic E-state index is 5.88. The molecule has 16 heavy (non-hydrogen) atoms. The second-order valence-corrected chi connectivity index (χ2v) is 5.54. The molecule has 1 saturated carbocycles. The van der Waals surface area contributed by atoms with Crippen LogP contribution in [0.25, 0.3) is 0 Å². The smallest absolute Gasteiger partial charge is 0.211 e. The van der Waals surface area contributed by atoms with Crippen LogP contribution in [0.3, 0.4) is 0 Å². The summed E-state index contributed by atoms with van der Waals surface area (Å²) in [5, 5.41) is 3.15. The first-order chi connectivity index (χ1) is 7.54. The van der Waals surface area contributed by atoms with Crippen LogP contribution in [-0.4, -0.2) is 12.0 Å². The van der Waals surface area contributed by atoms with E-state index in [2.05, 4.69) is 31.1 Å². The van der Waals surface area contributed by atoms with Crippen molar-refractivity contribution >= 4 is 0 Å². The summed E-state index contributed by atoms with van der Waals surface area (Å²) in [7, 11) is 1.92. The molecule has 3 nitrogen and oxygen atoms in total. The molecule has 90 valence electrons. The van der Waals surface area contributed by atoms with Gasteiger partial charge >= 0.3 is 0 Å². The molecule has 3 heteroatoms. The summed E-state index contributed by atoms with van der Waals surface area (Å²) in [6.45, 7) is 6.72. The summed E-state index contributed by atoms with van der Waals surface area (Å²) in [5.74, 6) is 2.41. The molecule has 0 aliphatic heterocycles. The van der Waals surface area contributed by atoms with E-state index in [4.69, 9.17) is 4.42 Å². The summed E-state index contributed by atoms with van der Waals surface area (Å²) in [6.07, 6.45) is 5.74. The second-order valence-electron chi connectivity index (χ2n) is 5.54. The Morgan fingerprint density at radius 3 is 2.88 bits per heavy atom. The molecule has 1 aromatic heterocycles. The monoisotopic (exact) mass is 222 g/mol. The van der Waals surface area contributed by atoms with Gasteiger partial charge < -0.3 is 9.73 Å². The normalized spacial score (nSPS) is 25.9. The number of aromatic nitrogens is 1. The molecule has 1 heterocycles. The molecule has 1 aliphatic carbocycles. The van der Waals surface area contributed by atoms with E-state index in [-0.39, 0.29) is 6.04 Å². The average molecular weight is 222 g/mol. The fourth-order valence-electron chi connectivity index (χ4n) is 2.64. The molecule has 2 unspecified atom stereocenters. The molecule has 1 fully saturated rings. The van der Waals surface area contributed by atoms with E-state index in [9.17, 15) is 0 Å². The Morgan fingerprint density at radius 2 is 2.31 bits per heavy atom. The van der Waals surface area contributed by atoms with Gasteiger partial charge in [-0.3, -0.25) is 0 Å². The fourth-order valence-corrected chi connectivity index (χ4v) is 2.64. The SMILES string of the molecule is CNC(C)c1ncc(C2CCCC2(C)C)o1. The van der Waals surface area contributed by atoms with Gasteiger partial charge in [-0.05, 0) is 32.2 Å². The third kappa shape index (κ3) is 2.01. The van der Waals surface area contributed by atoms with Crippen molar-refractivity contribution in [3.63, 3.8) is 0 Å². The zero-order chi connectivity index (χ0) is 11.8. The second kappa shape index (κ2) is 4.21. The minimum atomic E-state index is 0.193. The maximum atomic E-state index is 5.88. The number of hydrogen-bond acceptors (Lipinski definition) is 3. The number of oxazole rings is 1. The van der Waals surface area contributed by atoms with Gasteiger partial charge in [0, 0.05) is 5.92 Å². The van der Waals surface area contributed by atoms with Crippen molar-refractivity contribution in [2.75, 3.05) is 7.05 Å². The summed E-state index contributed by atoms with van der Waals surface area (Å²) >= 11 is 0. The van der Waals surface area contributed by atoms with Crippen LogP contribution in [0.1, 0.15) is 63.6 Å². The molecule has 0 bridgehead atoms. The van der Waals surface area contributed by atoms with Crippen molar-refractivity contribution in [1.82, 2.24) is 10.3 Å². The first-order valence-corrected chi connectivity index (χ1v) is 6.17. The average Bonchev–Trinajstić information content (AvgIpc) is 2.82. The van der Waals surface area contributed by atoms with Crippen LogP contribution in [0.4, 0.5) is 0 Å². The van der Waals surface area contributed by atoms with Crippen LogP contribution >= 0.6 is 0 Å². The first-order valence-electron chi connectivity index (χ1n) is 6.17. The van der Waals surface area contributed by atoms with Crippen LogP contribution in [0.5, 0.6) is 0 Å². The van der Waals surface area contributed by atoms with Crippen molar-refractivity contribution in [3.05, 3.63) is 17.8 Å². The van der Waals surface area contributed by atoms with Crippen molar-refractivity contribution in [2.24, 2.45) is 5.41 Å². The van der Waals surface area contributed by atoms with E-state index in [1.807, 2.05) is 13.2 Å². The minimum absolute atomic E-state index is 0.193. The molecule has 0 amide bonds. The molecule has 1 aliphatic rings. The zero-order valence-electron chi connectivity index (χ0n) is 10.7. The Kier molecular flexibility index (Phi) is 3.06. The van der Waals surface area contributed by atoms with Gasteiger partial charge in [0.1, 0.15) is 5.76 Å². The number of nitrogens with zero attached hydrogens (tertiary/aromatic N) is 1. The Balaban J connectivity index is 2.19. The Bertz CT molecular complexity index is 357. The lowest BCUT2D eigenvalue weighted by atomic mass is 9.81. The lowest BCUT2D eigenvalue weighted by molar-refractivity contribution is 0.282. The van der Waals surface area contributed by atoms with Gasteiger partial charge in [-0.2, -0.15) is 0 Å². The Morgan fingerprint density at radius 1 is 1.56 bits per heavy atom. The Hall–Kier alpha value is -0.830. The molecule has 0 radical (unpaired) electrons. The lowest BCUT2D eigenvalue weighted by Gasteiger charge is -2.24. The van der Waals surface area contributed by atoms with Crippen molar-refractivity contribution in [2.45, 2.75) is 52.0 Å². The summed E-state index contributed by atoms with van der Waals surface area (Å²) < 4.78 is 5.88. The molecular weight excluding hydrogens is 200 g/mol. The van der Waals surface area contributed by atoms with Gasteiger partial charge in [-0.15, -0.1) is 0 Å². The highest BCUT2D eigenvalue weighted by molar-refractivity contribution is 5.10. The third-order valence-corrected chi connectivity index (χ3v) is 3.95. The molecule has 0 aromatic carbocycles. The van der Waals surface area contributed by atoms with Crippen LogP contribution in [-0.2, 0) is 0 Å². The third-order valence-electron chi connectivity index (χ3n) is 3.95. The quantitative estimate of drug-likeness (QED) is 0.853. The predicted octanol–water partition coefficient (Wildman–Crippen LogP) is 3.25. The largest absolute Gasteiger partial charge is 0.444 e. The molecule has 1 N–H and O–H groups in total. The standard InChI is InChI=1S/C13H22N2O/c1-9(14-4)12-15-8-11(16-12)10-6-5-7-13(10,2)3/h8-10,14H,5-7H2,1-4H3. The number of hydrogen-bond donors (Lipinski definition) is 1. The highest BCUT2D eigenvalue weighted by atomic mass is 16.4. The minimum Gasteiger partial charge on any atom is -0.444 e. The zero-order valence-corrected chi connectivity index (χ0v) is 10.7. The van der Waals surface area contributed by atoms with Crippen LogP contribution in [0.15, 0.2) is 10.6 Å². The van der Waals surface area contributed by atoms with E-state index in [1.165, 1.54) is 19.3 Å². The van der Waals surface area contributed by atoms with Crippen molar-refractivity contribution < 1.29 is 4.42 Å². The molecule has 0 spiro atoms. The van der Waals surface area contributed by atoms with Crippen LogP contribution < -0.4 is 5.32 Å². The van der Waals surface area contributed by atoms with Crippen LogP contribution in [0.2, 0.25) is 0 Å². The summed E-state index contributed by atoms with van der Waals surface area (Å²) in [5.41, 5.74) is 0.361.